The number of halogens is 3. The van der Waals surface area contributed by atoms with Crippen molar-refractivity contribution in [3.8, 4) is 0 Å². The maximum atomic E-state index is 4.58. The van der Waals surface area contributed by atoms with E-state index in [1.54, 1.807) is 0 Å². The van der Waals surface area contributed by atoms with Crippen molar-refractivity contribution in [3.05, 3.63) is 61.3 Å². The van der Waals surface area contributed by atoms with Gasteiger partial charge in [0, 0.05) is 19.6 Å². The summed E-state index contributed by atoms with van der Waals surface area (Å²) >= 11 is 10.7. The van der Waals surface area contributed by atoms with Gasteiger partial charge in [-0.05, 0) is 63.0 Å². The molecule has 0 aliphatic rings. The predicted molar refractivity (Wildman–Crippen MR) is 96.8 cm³/mol. The number of nitrogens with one attached hydrogen (secondary N) is 1. The molecular formula is C15H12Br3N3. The molecule has 0 aliphatic heterocycles. The van der Waals surface area contributed by atoms with Crippen LogP contribution in [0.5, 0.6) is 0 Å². The van der Waals surface area contributed by atoms with Gasteiger partial charge in [-0.2, -0.15) is 0 Å². The quantitative estimate of drug-likeness (QED) is 0.541. The van der Waals surface area contributed by atoms with Crippen molar-refractivity contribution in [2.75, 3.05) is 5.32 Å². The topological polar surface area (TPSA) is 29.3 Å². The van der Waals surface area contributed by atoms with Crippen molar-refractivity contribution in [1.29, 1.82) is 0 Å². The minimum atomic E-state index is 0.704. The zero-order chi connectivity index (χ0) is 15.0. The Morgan fingerprint density at radius 3 is 2.57 bits per heavy atom. The van der Waals surface area contributed by atoms with Crippen molar-refractivity contribution < 1.29 is 0 Å². The molecule has 0 spiro atoms. The number of benzene rings is 1. The molecule has 0 bridgehead atoms. The summed E-state index contributed by atoms with van der Waals surface area (Å²) in [6.07, 6.45) is 2.04. The fraction of sp³-hybridized carbons (Fsp3) is 0.133. The van der Waals surface area contributed by atoms with E-state index < -0.39 is 0 Å². The summed E-state index contributed by atoms with van der Waals surface area (Å²) in [6, 6.07) is 10.1. The normalized spacial score (nSPS) is 11.0. The van der Waals surface area contributed by atoms with Gasteiger partial charge in [-0.15, -0.1) is 0 Å². The highest BCUT2D eigenvalue weighted by molar-refractivity contribution is 9.11. The monoisotopic (exact) mass is 471 g/mol. The lowest BCUT2D eigenvalue weighted by molar-refractivity contribution is 0.984. The summed E-state index contributed by atoms with van der Waals surface area (Å²) in [4.78, 5) is 4.58. The predicted octanol–water partition coefficient (Wildman–Crippen LogP) is 5.54. The number of hydrogen-bond donors (Lipinski definition) is 1. The van der Waals surface area contributed by atoms with E-state index in [0.29, 0.717) is 6.54 Å². The molecule has 0 saturated carbocycles. The number of aromatic nitrogens is 2. The molecule has 1 aromatic carbocycles. The van der Waals surface area contributed by atoms with Crippen molar-refractivity contribution in [3.63, 3.8) is 0 Å². The van der Waals surface area contributed by atoms with Crippen LogP contribution < -0.4 is 5.32 Å². The number of aryl methyl sites for hydroxylation is 1. The van der Waals surface area contributed by atoms with Crippen LogP contribution >= 0.6 is 47.8 Å². The van der Waals surface area contributed by atoms with Gasteiger partial charge in [-0.1, -0.05) is 22.0 Å². The van der Waals surface area contributed by atoms with Gasteiger partial charge in [0.15, 0.2) is 0 Å². The highest BCUT2D eigenvalue weighted by Gasteiger charge is 2.11. The van der Waals surface area contributed by atoms with Crippen LogP contribution in [-0.4, -0.2) is 9.38 Å². The lowest BCUT2D eigenvalue weighted by Crippen LogP contribution is -2.05. The number of hydrogen-bond acceptors (Lipinski definition) is 2. The third-order valence-corrected chi connectivity index (χ3v) is 4.98. The molecular weight excluding hydrogens is 462 g/mol. The van der Waals surface area contributed by atoms with E-state index in [-0.39, 0.29) is 0 Å². The fourth-order valence-corrected chi connectivity index (χ4v) is 4.80. The number of imidazole rings is 1. The van der Waals surface area contributed by atoms with E-state index in [2.05, 4.69) is 62.5 Å². The average molecular weight is 474 g/mol. The molecule has 0 fully saturated rings. The minimum absolute atomic E-state index is 0.704. The molecule has 0 unspecified atom stereocenters. The molecule has 0 saturated heterocycles. The molecule has 108 valence electrons. The molecule has 6 heteroatoms. The average Bonchev–Trinajstić information content (AvgIpc) is 2.73. The SMILES string of the molecule is Cc1nc2ccccn2c1CNc1c(Br)cc(Br)cc1Br. The van der Waals surface area contributed by atoms with E-state index in [4.69, 9.17) is 0 Å². The first-order chi connectivity index (χ1) is 10.1. The lowest BCUT2D eigenvalue weighted by Gasteiger charge is -2.12. The Morgan fingerprint density at radius 2 is 1.86 bits per heavy atom. The first-order valence-corrected chi connectivity index (χ1v) is 8.75. The van der Waals surface area contributed by atoms with Gasteiger partial charge in [0.1, 0.15) is 5.65 Å². The Balaban J connectivity index is 1.92. The van der Waals surface area contributed by atoms with Crippen LogP contribution in [0.25, 0.3) is 5.65 Å². The summed E-state index contributed by atoms with van der Waals surface area (Å²) < 4.78 is 5.16. The van der Waals surface area contributed by atoms with Crippen molar-refractivity contribution in [2.45, 2.75) is 13.5 Å². The standard InChI is InChI=1S/C15H12Br3N3/c1-9-13(21-5-3-2-4-14(21)20-9)8-19-15-11(17)6-10(16)7-12(15)18/h2-7,19H,8H2,1H3. The molecule has 3 nitrogen and oxygen atoms in total. The van der Waals surface area contributed by atoms with Gasteiger partial charge in [0.2, 0.25) is 0 Å². The van der Waals surface area contributed by atoms with Crippen LogP contribution in [0.15, 0.2) is 49.9 Å². The number of rotatable bonds is 3. The van der Waals surface area contributed by atoms with Gasteiger partial charge in [-0.25, -0.2) is 4.98 Å². The van der Waals surface area contributed by atoms with Crippen molar-refractivity contribution in [2.24, 2.45) is 0 Å². The van der Waals surface area contributed by atoms with E-state index in [1.165, 1.54) is 0 Å². The Labute approximate surface area is 148 Å². The Hall–Kier alpha value is -0.850. The third kappa shape index (κ3) is 3.03. The summed E-state index contributed by atoms with van der Waals surface area (Å²) in [6.45, 7) is 2.74. The summed E-state index contributed by atoms with van der Waals surface area (Å²) in [5, 5.41) is 3.47. The Kier molecular flexibility index (Phi) is 4.38. The van der Waals surface area contributed by atoms with Gasteiger partial charge >= 0.3 is 0 Å². The summed E-state index contributed by atoms with van der Waals surface area (Å²) in [5.41, 5.74) is 4.20. The fourth-order valence-electron chi connectivity index (χ4n) is 2.26. The number of fused-ring (bicyclic) bond motifs is 1. The highest BCUT2D eigenvalue weighted by atomic mass is 79.9. The van der Waals surface area contributed by atoms with Crippen molar-refractivity contribution in [1.82, 2.24) is 9.38 Å². The third-order valence-electron chi connectivity index (χ3n) is 3.27. The molecule has 3 aromatic rings. The second-order valence-electron chi connectivity index (χ2n) is 4.67. The van der Waals surface area contributed by atoms with Gasteiger partial charge in [0.05, 0.1) is 23.6 Å². The molecule has 3 rings (SSSR count). The molecule has 0 atom stereocenters. The molecule has 2 heterocycles. The first-order valence-electron chi connectivity index (χ1n) is 6.37. The van der Waals surface area contributed by atoms with Gasteiger partial charge in [-0.3, -0.25) is 0 Å². The molecule has 0 aliphatic carbocycles. The van der Waals surface area contributed by atoms with Crippen LogP contribution in [-0.2, 0) is 6.54 Å². The highest BCUT2D eigenvalue weighted by Crippen LogP contribution is 2.34. The lowest BCUT2D eigenvalue weighted by atomic mass is 10.3. The van der Waals surface area contributed by atoms with Gasteiger partial charge < -0.3 is 9.72 Å². The largest absolute Gasteiger partial charge is 0.378 e. The van der Waals surface area contributed by atoms with Crippen LogP contribution in [0, 0.1) is 6.92 Å². The molecule has 1 N–H and O–H groups in total. The van der Waals surface area contributed by atoms with E-state index >= 15 is 0 Å². The van der Waals surface area contributed by atoms with Crippen molar-refractivity contribution >= 4 is 59.1 Å². The summed E-state index contributed by atoms with van der Waals surface area (Å²) in [7, 11) is 0. The summed E-state index contributed by atoms with van der Waals surface area (Å²) in [5.74, 6) is 0. The van der Waals surface area contributed by atoms with E-state index in [0.717, 1.165) is 36.1 Å². The minimum Gasteiger partial charge on any atom is -0.378 e. The second kappa shape index (κ2) is 6.10. The number of nitrogens with zero attached hydrogens (tertiary/aromatic N) is 2. The number of anilines is 1. The molecule has 0 radical (unpaired) electrons. The first kappa shape index (κ1) is 15.1. The zero-order valence-corrected chi connectivity index (χ0v) is 16.0. The zero-order valence-electron chi connectivity index (χ0n) is 11.2. The Morgan fingerprint density at radius 1 is 1.14 bits per heavy atom. The van der Waals surface area contributed by atoms with Gasteiger partial charge in [0.25, 0.3) is 0 Å². The maximum Gasteiger partial charge on any atom is 0.137 e. The number of pyridine rings is 1. The molecule has 0 amide bonds. The van der Waals surface area contributed by atoms with Crippen LogP contribution in [0.1, 0.15) is 11.4 Å². The maximum absolute atomic E-state index is 4.58. The van der Waals surface area contributed by atoms with Crippen LogP contribution in [0.3, 0.4) is 0 Å². The van der Waals surface area contributed by atoms with Crippen LogP contribution in [0.4, 0.5) is 5.69 Å². The second-order valence-corrected chi connectivity index (χ2v) is 7.30. The van der Waals surface area contributed by atoms with E-state index in [1.807, 2.05) is 43.5 Å². The van der Waals surface area contributed by atoms with E-state index in [9.17, 15) is 0 Å². The molecule has 21 heavy (non-hydrogen) atoms. The Bertz CT molecular complexity index is 788. The van der Waals surface area contributed by atoms with Crippen LogP contribution in [0.2, 0.25) is 0 Å². The smallest absolute Gasteiger partial charge is 0.137 e. The molecule has 2 aromatic heterocycles.